The molecule has 0 bridgehead atoms. The molecule has 0 spiro atoms. The maximum Gasteiger partial charge on any atom is 0.343 e. The third-order valence-corrected chi connectivity index (χ3v) is 6.94. The first-order valence-electron chi connectivity index (χ1n) is 11.1. The van der Waals surface area contributed by atoms with Gasteiger partial charge in [0.2, 0.25) is 0 Å². The van der Waals surface area contributed by atoms with Gasteiger partial charge in [-0.25, -0.2) is 22.4 Å². The molecule has 0 amide bonds. The second kappa shape index (κ2) is 9.47. The van der Waals surface area contributed by atoms with Crippen LogP contribution in [0.5, 0.6) is 5.75 Å². The Morgan fingerprint density at radius 1 is 0.875 bits per heavy atom. The minimum absolute atomic E-state index is 0.0309. The van der Waals surface area contributed by atoms with Crippen molar-refractivity contribution < 1.29 is 27.1 Å². The monoisotopic (exact) mass is 446 g/mol. The SMILES string of the molecule is C/C=C/C1CCC2CC(c3c(F)cc(C(=O)Oc4ccc(F)c(F)c4)cc3F)CCC2C1. The Bertz CT molecular complexity index is 1010. The van der Waals surface area contributed by atoms with Gasteiger partial charge in [-0.05, 0) is 93.4 Å². The number of fused-ring (bicyclic) bond motifs is 1. The van der Waals surface area contributed by atoms with Crippen LogP contribution in [0.3, 0.4) is 0 Å². The summed E-state index contributed by atoms with van der Waals surface area (Å²) in [6.45, 7) is 2.03. The van der Waals surface area contributed by atoms with Gasteiger partial charge in [0.05, 0.1) is 5.56 Å². The fraction of sp³-hybridized carbons (Fsp3) is 0.423. The van der Waals surface area contributed by atoms with Crippen molar-refractivity contribution in [1.29, 1.82) is 0 Å². The molecule has 2 nitrogen and oxygen atoms in total. The van der Waals surface area contributed by atoms with Crippen LogP contribution in [0.4, 0.5) is 17.6 Å². The molecule has 2 saturated carbocycles. The zero-order valence-corrected chi connectivity index (χ0v) is 17.9. The van der Waals surface area contributed by atoms with E-state index < -0.39 is 29.2 Å². The van der Waals surface area contributed by atoms with Crippen molar-refractivity contribution in [3.8, 4) is 5.75 Å². The molecule has 32 heavy (non-hydrogen) atoms. The van der Waals surface area contributed by atoms with E-state index in [0.29, 0.717) is 23.8 Å². The maximum absolute atomic E-state index is 14.9. The Morgan fingerprint density at radius 2 is 1.56 bits per heavy atom. The van der Waals surface area contributed by atoms with Gasteiger partial charge in [-0.3, -0.25) is 0 Å². The minimum atomic E-state index is -1.18. The molecular weight excluding hydrogens is 420 g/mol. The van der Waals surface area contributed by atoms with E-state index in [4.69, 9.17) is 4.74 Å². The van der Waals surface area contributed by atoms with Gasteiger partial charge in [-0.1, -0.05) is 12.2 Å². The zero-order valence-electron chi connectivity index (χ0n) is 17.9. The van der Waals surface area contributed by atoms with Crippen LogP contribution in [0.1, 0.15) is 67.3 Å². The zero-order chi connectivity index (χ0) is 22.8. The number of rotatable bonds is 4. The van der Waals surface area contributed by atoms with Crippen LogP contribution in [-0.2, 0) is 0 Å². The Kier molecular flexibility index (Phi) is 6.68. The summed E-state index contributed by atoms with van der Waals surface area (Å²) in [5, 5.41) is 0. The van der Waals surface area contributed by atoms with Crippen LogP contribution in [0.15, 0.2) is 42.5 Å². The predicted molar refractivity (Wildman–Crippen MR) is 113 cm³/mol. The summed E-state index contributed by atoms with van der Waals surface area (Å²) in [6, 6.07) is 4.52. The molecule has 0 saturated heterocycles. The summed E-state index contributed by atoms with van der Waals surface area (Å²) in [5.41, 5.74) is -0.280. The molecule has 0 radical (unpaired) electrons. The third-order valence-electron chi connectivity index (χ3n) is 6.94. The van der Waals surface area contributed by atoms with E-state index in [-0.39, 0.29) is 22.8 Å². The quantitative estimate of drug-likeness (QED) is 0.213. The smallest absolute Gasteiger partial charge is 0.343 e. The molecule has 4 unspecified atom stereocenters. The number of carbonyl (C=O) groups excluding carboxylic acids is 1. The van der Waals surface area contributed by atoms with Crippen LogP contribution in [0.2, 0.25) is 0 Å². The van der Waals surface area contributed by atoms with Crippen molar-refractivity contribution in [3.63, 3.8) is 0 Å². The Balaban J connectivity index is 1.47. The van der Waals surface area contributed by atoms with Crippen LogP contribution in [0, 0.1) is 41.0 Å². The summed E-state index contributed by atoms with van der Waals surface area (Å²) < 4.78 is 61.1. The summed E-state index contributed by atoms with van der Waals surface area (Å²) in [4.78, 5) is 12.3. The molecule has 6 heteroatoms. The van der Waals surface area contributed by atoms with Crippen LogP contribution in [-0.4, -0.2) is 5.97 Å². The van der Waals surface area contributed by atoms with E-state index in [1.165, 1.54) is 0 Å². The van der Waals surface area contributed by atoms with Gasteiger partial charge >= 0.3 is 5.97 Å². The first-order chi connectivity index (χ1) is 15.4. The van der Waals surface area contributed by atoms with E-state index >= 15 is 0 Å². The molecule has 4 rings (SSSR count). The molecular formula is C26H26F4O2. The molecule has 2 aromatic carbocycles. The minimum Gasteiger partial charge on any atom is -0.423 e. The summed E-state index contributed by atoms with van der Waals surface area (Å²) in [7, 11) is 0. The van der Waals surface area contributed by atoms with Crippen molar-refractivity contribution in [2.75, 3.05) is 0 Å². The van der Waals surface area contributed by atoms with Crippen LogP contribution in [0.25, 0.3) is 0 Å². The summed E-state index contributed by atoms with van der Waals surface area (Å²) >= 11 is 0. The van der Waals surface area contributed by atoms with Crippen molar-refractivity contribution in [2.45, 2.75) is 51.4 Å². The van der Waals surface area contributed by atoms with Crippen LogP contribution >= 0.6 is 0 Å². The number of halogens is 4. The van der Waals surface area contributed by atoms with Gasteiger partial charge in [0.15, 0.2) is 11.6 Å². The lowest BCUT2D eigenvalue weighted by molar-refractivity contribution is 0.0732. The lowest BCUT2D eigenvalue weighted by atomic mass is 9.63. The number of ether oxygens (including phenoxy) is 1. The Labute approximate surface area is 185 Å². The molecule has 170 valence electrons. The second-order valence-corrected chi connectivity index (χ2v) is 8.95. The second-order valence-electron chi connectivity index (χ2n) is 8.95. The number of hydrogen-bond donors (Lipinski definition) is 0. The Hall–Kier alpha value is -2.63. The fourth-order valence-electron chi connectivity index (χ4n) is 5.43. The van der Waals surface area contributed by atoms with E-state index in [2.05, 4.69) is 12.2 Å². The predicted octanol–water partition coefficient (Wildman–Crippen LogP) is 7.34. The topological polar surface area (TPSA) is 26.3 Å². The Morgan fingerprint density at radius 3 is 2.25 bits per heavy atom. The highest BCUT2D eigenvalue weighted by molar-refractivity contribution is 5.91. The van der Waals surface area contributed by atoms with E-state index in [9.17, 15) is 22.4 Å². The molecule has 2 fully saturated rings. The van der Waals surface area contributed by atoms with Gasteiger partial charge in [-0.2, -0.15) is 0 Å². The number of allylic oxidation sites excluding steroid dienone is 2. The molecule has 0 aliphatic heterocycles. The molecule has 0 N–H and O–H groups in total. The lowest BCUT2D eigenvalue weighted by Crippen LogP contribution is -2.30. The molecule has 2 aliphatic carbocycles. The highest BCUT2D eigenvalue weighted by Crippen LogP contribution is 2.48. The normalized spacial score (nSPS) is 25.5. The van der Waals surface area contributed by atoms with E-state index in [1.54, 1.807) is 0 Å². The van der Waals surface area contributed by atoms with Crippen molar-refractivity contribution in [1.82, 2.24) is 0 Å². The molecule has 0 aromatic heterocycles. The number of hydrogen-bond acceptors (Lipinski definition) is 2. The lowest BCUT2D eigenvalue weighted by Gasteiger charge is -2.42. The van der Waals surface area contributed by atoms with Gasteiger partial charge < -0.3 is 4.74 Å². The molecule has 2 aromatic rings. The van der Waals surface area contributed by atoms with Crippen LogP contribution < -0.4 is 4.74 Å². The average Bonchev–Trinajstić information content (AvgIpc) is 2.76. The number of benzene rings is 2. The third kappa shape index (κ3) is 4.74. The van der Waals surface area contributed by atoms with Crippen molar-refractivity contribution >= 4 is 5.97 Å². The van der Waals surface area contributed by atoms with Gasteiger partial charge in [0.25, 0.3) is 0 Å². The fourth-order valence-corrected chi connectivity index (χ4v) is 5.43. The number of esters is 1. The van der Waals surface area contributed by atoms with Gasteiger partial charge in [0.1, 0.15) is 17.4 Å². The standard InChI is InChI=1S/C26H26F4O2/c1-2-3-15-4-5-17-11-18(7-6-16(17)10-15)25-23(29)12-19(13-24(25)30)26(31)32-20-8-9-21(27)22(28)14-20/h2-3,8-9,12-18H,4-7,10-11H2,1H3/b3-2+. The van der Waals surface area contributed by atoms with Crippen molar-refractivity contribution in [2.24, 2.45) is 17.8 Å². The van der Waals surface area contributed by atoms with Gasteiger partial charge in [0, 0.05) is 11.6 Å². The highest BCUT2D eigenvalue weighted by atomic mass is 19.2. The van der Waals surface area contributed by atoms with E-state index in [1.807, 2.05) is 6.92 Å². The van der Waals surface area contributed by atoms with Crippen molar-refractivity contribution in [3.05, 3.63) is 76.9 Å². The molecule has 0 heterocycles. The largest absolute Gasteiger partial charge is 0.423 e. The summed E-state index contributed by atoms with van der Waals surface area (Å²) in [6.07, 6.45) is 10.1. The first kappa shape index (κ1) is 22.6. The highest BCUT2D eigenvalue weighted by Gasteiger charge is 2.37. The van der Waals surface area contributed by atoms with Gasteiger partial charge in [-0.15, -0.1) is 0 Å². The van der Waals surface area contributed by atoms with E-state index in [0.717, 1.165) is 62.8 Å². The molecule has 4 atom stereocenters. The first-order valence-corrected chi connectivity index (χ1v) is 11.1. The molecule has 2 aliphatic rings. The summed E-state index contributed by atoms with van der Waals surface area (Å²) in [5.74, 6) is -3.64. The number of carbonyl (C=O) groups is 1. The maximum atomic E-state index is 14.9. The average molecular weight is 446 g/mol.